The number of aromatic nitrogens is 3. The van der Waals surface area contributed by atoms with E-state index >= 15 is 0 Å². The van der Waals surface area contributed by atoms with Gasteiger partial charge in [0.15, 0.2) is 5.82 Å². The zero-order chi connectivity index (χ0) is 16.9. The van der Waals surface area contributed by atoms with Crippen molar-refractivity contribution < 1.29 is 9.18 Å². The summed E-state index contributed by atoms with van der Waals surface area (Å²) in [5.74, 6) is -0.00736. The van der Waals surface area contributed by atoms with Crippen LogP contribution in [0.3, 0.4) is 0 Å². The summed E-state index contributed by atoms with van der Waals surface area (Å²) in [4.78, 5) is 16.2. The molecule has 0 atom stereocenters. The smallest absolute Gasteiger partial charge is 0.234 e. The van der Waals surface area contributed by atoms with E-state index in [0.29, 0.717) is 16.5 Å². The van der Waals surface area contributed by atoms with E-state index in [1.165, 1.54) is 17.8 Å². The van der Waals surface area contributed by atoms with Crippen LogP contribution < -0.4 is 5.32 Å². The third-order valence-electron chi connectivity index (χ3n) is 3.35. The van der Waals surface area contributed by atoms with Crippen molar-refractivity contribution >= 4 is 23.4 Å². The molecule has 24 heavy (non-hydrogen) atoms. The van der Waals surface area contributed by atoms with E-state index in [-0.39, 0.29) is 17.5 Å². The molecule has 122 valence electrons. The molecule has 3 aromatic rings. The van der Waals surface area contributed by atoms with Gasteiger partial charge in [-0.3, -0.25) is 9.89 Å². The number of hydrogen-bond donors (Lipinski definition) is 2. The number of aromatic amines is 1. The lowest BCUT2D eigenvalue weighted by molar-refractivity contribution is -0.113. The second kappa shape index (κ2) is 7.27. The molecule has 5 nitrogen and oxygen atoms in total. The Labute approximate surface area is 142 Å². The number of benzene rings is 2. The summed E-state index contributed by atoms with van der Waals surface area (Å²) >= 11 is 1.19. The lowest BCUT2D eigenvalue weighted by Crippen LogP contribution is -2.14. The lowest BCUT2D eigenvalue weighted by Gasteiger charge is -2.06. The van der Waals surface area contributed by atoms with Gasteiger partial charge in [-0.1, -0.05) is 42.1 Å². The number of carbonyl (C=O) groups excluding carboxylic acids is 1. The minimum atomic E-state index is -0.373. The van der Waals surface area contributed by atoms with Gasteiger partial charge in [-0.2, -0.15) is 0 Å². The predicted molar refractivity (Wildman–Crippen MR) is 92.3 cm³/mol. The van der Waals surface area contributed by atoms with Gasteiger partial charge in [-0.15, -0.1) is 5.10 Å². The summed E-state index contributed by atoms with van der Waals surface area (Å²) in [6, 6.07) is 13.9. The van der Waals surface area contributed by atoms with Gasteiger partial charge in [-0.05, 0) is 30.7 Å². The van der Waals surface area contributed by atoms with Crippen LogP contribution in [0.15, 0.2) is 53.7 Å². The van der Waals surface area contributed by atoms with Gasteiger partial charge in [0.25, 0.3) is 0 Å². The fourth-order valence-corrected chi connectivity index (χ4v) is 2.71. The highest BCUT2D eigenvalue weighted by atomic mass is 32.2. The van der Waals surface area contributed by atoms with E-state index in [0.717, 1.165) is 11.3 Å². The Morgan fingerprint density at radius 1 is 1.21 bits per heavy atom. The van der Waals surface area contributed by atoms with Crippen LogP contribution in [-0.2, 0) is 4.79 Å². The maximum absolute atomic E-state index is 13.7. The van der Waals surface area contributed by atoms with Crippen molar-refractivity contribution in [2.75, 3.05) is 11.1 Å². The molecule has 0 unspecified atom stereocenters. The highest BCUT2D eigenvalue weighted by Gasteiger charge is 2.12. The zero-order valence-corrected chi connectivity index (χ0v) is 13.7. The Kier molecular flexibility index (Phi) is 4.90. The van der Waals surface area contributed by atoms with Crippen LogP contribution >= 0.6 is 11.8 Å². The largest absolute Gasteiger partial charge is 0.325 e. The van der Waals surface area contributed by atoms with Crippen LogP contribution in [0.1, 0.15) is 5.56 Å². The van der Waals surface area contributed by atoms with Crippen LogP contribution in [0.25, 0.3) is 11.4 Å². The fraction of sp³-hybridized carbons (Fsp3) is 0.118. The van der Waals surface area contributed by atoms with E-state index in [1.54, 1.807) is 18.2 Å². The Balaban J connectivity index is 1.61. The number of nitrogens with zero attached hydrogens (tertiary/aromatic N) is 2. The Morgan fingerprint density at radius 3 is 2.75 bits per heavy atom. The molecule has 0 radical (unpaired) electrons. The van der Waals surface area contributed by atoms with E-state index in [2.05, 4.69) is 20.5 Å². The maximum atomic E-state index is 13.7. The van der Waals surface area contributed by atoms with Gasteiger partial charge < -0.3 is 5.32 Å². The first-order valence-corrected chi connectivity index (χ1v) is 8.27. The van der Waals surface area contributed by atoms with E-state index < -0.39 is 0 Å². The summed E-state index contributed by atoms with van der Waals surface area (Å²) in [6.45, 7) is 1.93. The molecule has 1 amide bonds. The monoisotopic (exact) mass is 342 g/mol. The first-order valence-electron chi connectivity index (χ1n) is 7.29. The average Bonchev–Trinajstić information content (AvgIpc) is 3.04. The molecule has 2 N–H and O–H groups in total. The lowest BCUT2D eigenvalue weighted by atomic mass is 10.2. The van der Waals surface area contributed by atoms with Crippen molar-refractivity contribution in [3.05, 3.63) is 59.9 Å². The van der Waals surface area contributed by atoms with Gasteiger partial charge in [0.2, 0.25) is 11.1 Å². The molecule has 0 saturated carbocycles. The van der Waals surface area contributed by atoms with E-state index in [1.807, 2.05) is 31.2 Å². The van der Waals surface area contributed by atoms with Crippen LogP contribution in [0, 0.1) is 12.7 Å². The molecular formula is C17H15FN4OS. The molecule has 0 aliphatic heterocycles. The van der Waals surface area contributed by atoms with Gasteiger partial charge in [0, 0.05) is 5.69 Å². The van der Waals surface area contributed by atoms with E-state index in [9.17, 15) is 9.18 Å². The zero-order valence-electron chi connectivity index (χ0n) is 12.9. The molecule has 0 saturated heterocycles. The molecule has 0 fully saturated rings. The third kappa shape index (κ3) is 3.80. The predicted octanol–water partition coefficient (Wildman–Crippen LogP) is 3.65. The van der Waals surface area contributed by atoms with Gasteiger partial charge in [0.05, 0.1) is 11.3 Å². The number of H-pyrrole nitrogens is 1. The number of nitrogens with one attached hydrogen (secondary N) is 2. The molecule has 0 bridgehead atoms. The van der Waals surface area contributed by atoms with Crippen LogP contribution in [-0.4, -0.2) is 26.8 Å². The summed E-state index contributed by atoms with van der Waals surface area (Å²) in [5.41, 5.74) is 2.13. The van der Waals surface area contributed by atoms with Crippen molar-refractivity contribution in [3.8, 4) is 11.4 Å². The SMILES string of the molecule is Cc1ccccc1NC(=O)CSc1n[nH]c(-c2ccccc2F)n1. The van der Waals surface area contributed by atoms with Gasteiger partial charge in [-0.25, -0.2) is 9.37 Å². The van der Waals surface area contributed by atoms with E-state index in [4.69, 9.17) is 0 Å². The molecule has 1 heterocycles. The molecule has 0 aliphatic rings. The molecule has 2 aromatic carbocycles. The van der Waals surface area contributed by atoms with Crippen molar-refractivity contribution in [1.29, 1.82) is 0 Å². The topological polar surface area (TPSA) is 70.7 Å². The average molecular weight is 342 g/mol. The first-order chi connectivity index (χ1) is 11.6. The number of rotatable bonds is 5. The van der Waals surface area contributed by atoms with Crippen molar-refractivity contribution in [1.82, 2.24) is 15.2 Å². The molecule has 0 aliphatic carbocycles. The van der Waals surface area contributed by atoms with Crippen LogP contribution in [0.2, 0.25) is 0 Å². The number of para-hydroxylation sites is 1. The van der Waals surface area contributed by atoms with Crippen molar-refractivity contribution in [2.24, 2.45) is 0 Å². The highest BCUT2D eigenvalue weighted by Crippen LogP contribution is 2.22. The van der Waals surface area contributed by atoms with Crippen LogP contribution in [0.4, 0.5) is 10.1 Å². The number of amides is 1. The summed E-state index contributed by atoms with van der Waals surface area (Å²) in [5, 5.41) is 9.94. The number of hydrogen-bond acceptors (Lipinski definition) is 4. The highest BCUT2D eigenvalue weighted by molar-refractivity contribution is 7.99. The van der Waals surface area contributed by atoms with Crippen molar-refractivity contribution in [3.63, 3.8) is 0 Å². The molecular weight excluding hydrogens is 327 g/mol. The molecule has 0 spiro atoms. The normalized spacial score (nSPS) is 10.6. The quantitative estimate of drug-likeness (QED) is 0.694. The fourth-order valence-electron chi connectivity index (χ4n) is 2.11. The number of thioether (sulfide) groups is 1. The second-order valence-corrected chi connectivity index (χ2v) is 6.04. The molecule has 1 aromatic heterocycles. The van der Waals surface area contributed by atoms with Gasteiger partial charge in [0.1, 0.15) is 5.82 Å². The first kappa shape index (κ1) is 16.2. The minimum absolute atomic E-state index is 0.147. The summed E-state index contributed by atoms with van der Waals surface area (Å²) in [6.07, 6.45) is 0. The van der Waals surface area contributed by atoms with Crippen LogP contribution in [0.5, 0.6) is 0 Å². The Bertz CT molecular complexity index is 865. The Hall–Kier alpha value is -2.67. The Morgan fingerprint density at radius 2 is 1.96 bits per heavy atom. The molecule has 7 heteroatoms. The number of carbonyl (C=O) groups is 1. The summed E-state index contributed by atoms with van der Waals surface area (Å²) in [7, 11) is 0. The number of aryl methyl sites for hydroxylation is 1. The second-order valence-electron chi connectivity index (χ2n) is 5.10. The van der Waals surface area contributed by atoms with Gasteiger partial charge >= 0.3 is 0 Å². The third-order valence-corrected chi connectivity index (χ3v) is 4.19. The van der Waals surface area contributed by atoms with Crippen molar-refractivity contribution in [2.45, 2.75) is 12.1 Å². The number of anilines is 1. The standard InChI is InChI=1S/C17H15FN4OS/c1-11-6-2-5-9-14(11)19-15(23)10-24-17-20-16(21-22-17)12-7-3-4-8-13(12)18/h2-9H,10H2,1H3,(H,19,23)(H,20,21,22). The molecule has 3 rings (SSSR count). The number of halogens is 1. The minimum Gasteiger partial charge on any atom is -0.325 e. The summed E-state index contributed by atoms with van der Waals surface area (Å²) < 4.78 is 13.7. The maximum Gasteiger partial charge on any atom is 0.234 e.